The lowest BCUT2D eigenvalue weighted by atomic mass is 10.1. The molecule has 5 heteroatoms. The minimum Gasteiger partial charge on any atom is -0.366 e. The molecule has 0 fully saturated rings. The Morgan fingerprint density at radius 1 is 1.39 bits per heavy atom. The van der Waals surface area contributed by atoms with E-state index in [9.17, 15) is 4.79 Å². The summed E-state index contributed by atoms with van der Waals surface area (Å²) in [6.07, 6.45) is 2.27. The zero-order valence-corrected chi connectivity index (χ0v) is 11.6. The molecule has 0 aliphatic rings. The van der Waals surface area contributed by atoms with Gasteiger partial charge in [-0.1, -0.05) is 30.3 Å². The molecule has 1 unspecified atom stereocenters. The number of rotatable bonds is 4. The van der Waals surface area contributed by atoms with Crippen LogP contribution in [0.25, 0.3) is 0 Å². The van der Waals surface area contributed by atoms with Gasteiger partial charge in [0, 0.05) is 6.04 Å². The van der Waals surface area contributed by atoms with Crippen molar-refractivity contribution in [3.05, 3.63) is 57.0 Å². The van der Waals surface area contributed by atoms with Crippen molar-refractivity contribution in [2.45, 2.75) is 19.4 Å². The molecule has 2 aromatic rings. The van der Waals surface area contributed by atoms with Crippen molar-refractivity contribution in [2.24, 2.45) is 0 Å². The first-order valence-corrected chi connectivity index (χ1v) is 6.50. The Labute approximate surface area is 114 Å². The van der Waals surface area contributed by atoms with Crippen LogP contribution in [-0.2, 0) is 6.42 Å². The second-order valence-electron chi connectivity index (χ2n) is 4.13. The predicted molar refractivity (Wildman–Crippen MR) is 75.8 cm³/mol. The number of nitrogens with one attached hydrogen (secondary N) is 2. The Bertz CT molecular complexity index is 568. The van der Waals surface area contributed by atoms with Gasteiger partial charge in [0.05, 0.1) is 6.33 Å². The molecule has 0 saturated carbocycles. The summed E-state index contributed by atoms with van der Waals surface area (Å²) >= 11 is 3.23. The van der Waals surface area contributed by atoms with E-state index in [-0.39, 0.29) is 11.6 Å². The summed E-state index contributed by atoms with van der Waals surface area (Å²) in [7, 11) is 0. The fourth-order valence-electron chi connectivity index (χ4n) is 1.74. The van der Waals surface area contributed by atoms with E-state index in [1.165, 1.54) is 11.9 Å². The van der Waals surface area contributed by atoms with Crippen molar-refractivity contribution in [3.8, 4) is 0 Å². The molecule has 1 heterocycles. The third-order valence-electron chi connectivity index (χ3n) is 2.56. The number of benzene rings is 1. The molecule has 0 aliphatic heterocycles. The normalized spacial score (nSPS) is 12.1. The molecular formula is C13H14BrN3O. The lowest BCUT2D eigenvalue weighted by Gasteiger charge is -2.15. The van der Waals surface area contributed by atoms with Gasteiger partial charge in [0.1, 0.15) is 10.3 Å². The van der Waals surface area contributed by atoms with Gasteiger partial charge in [0.25, 0.3) is 5.56 Å². The average Bonchev–Trinajstić information content (AvgIpc) is 2.36. The standard InChI is InChI=1S/C13H14BrN3O/c1-9(7-10-5-3-2-4-6-10)17-12-11(14)13(18)16-8-15-12/h2-6,8-9H,7H2,1H3,(H2,15,16,17,18). The summed E-state index contributed by atoms with van der Waals surface area (Å²) in [4.78, 5) is 18.0. The smallest absolute Gasteiger partial charge is 0.267 e. The number of hydrogen-bond donors (Lipinski definition) is 2. The molecule has 18 heavy (non-hydrogen) atoms. The van der Waals surface area contributed by atoms with Gasteiger partial charge in [-0.2, -0.15) is 0 Å². The maximum Gasteiger partial charge on any atom is 0.267 e. The minimum absolute atomic E-state index is 0.181. The van der Waals surface area contributed by atoms with Crippen LogP contribution < -0.4 is 10.9 Å². The lowest BCUT2D eigenvalue weighted by Crippen LogP contribution is -2.21. The van der Waals surface area contributed by atoms with E-state index in [1.54, 1.807) is 0 Å². The molecule has 0 amide bonds. The van der Waals surface area contributed by atoms with Crippen molar-refractivity contribution in [3.63, 3.8) is 0 Å². The van der Waals surface area contributed by atoms with Crippen molar-refractivity contribution >= 4 is 21.7 Å². The number of hydrogen-bond acceptors (Lipinski definition) is 3. The fourth-order valence-corrected chi connectivity index (χ4v) is 2.07. The highest BCUT2D eigenvalue weighted by Gasteiger charge is 2.09. The Kier molecular flexibility index (Phi) is 4.15. The monoisotopic (exact) mass is 307 g/mol. The molecule has 94 valence electrons. The second kappa shape index (κ2) is 5.82. The summed E-state index contributed by atoms with van der Waals surface area (Å²) in [5, 5.41) is 3.22. The minimum atomic E-state index is -0.181. The van der Waals surface area contributed by atoms with E-state index in [0.717, 1.165) is 6.42 Å². The summed E-state index contributed by atoms with van der Waals surface area (Å²) < 4.78 is 0.435. The topological polar surface area (TPSA) is 57.8 Å². The molecule has 2 N–H and O–H groups in total. The Morgan fingerprint density at radius 3 is 2.83 bits per heavy atom. The van der Waals surface area contributed by atoms with Gasteiger partial charge in [0.2, 0.25) is 0 Å². The average molecular weight is 308 g/mol. The number of aromatic nitrogens is 2. The van der Waals surface area contributed by atoms with E-state index in [4.69, 9.17) is 0 Å². The third kappa shape index (κ3) is 3.20. The molecule has 1 atom stereocenters. The number of halogens is 1. The molecular weight excluding hydrogens is 294 g/mol. The lowest BCUT2D eigenvalue weighted by molar-refractivity contribution is 0.781. The van der Waals surface area contributed by atoms with Gasteiger partial charge in [0.15, 0.2) is 0 Å². The zero-order valence-electron chi connectivity index (χ0n) is 9.98. The Morgan fingerprint density at radius 2 is 2.11 bits per heavy atom. The third-order valence-corrected chi connectivity index (χ3v) is 3.30. The van der Waals surface area contributed by atoms with Crippen LogP contribution in [0, 0.1) is 0 Å². The number of anilines is 1. The molecule has 1 aromatic carbocycles. The number of nitrogens with zero attached hydrogens (tertiary/aromatic N) is 1. The number of aromatic amines is 1. The molecule has 4 nitrogen and oxygen atoms in total. The maximum absolute atomic E-state index is 11.4. The van der Waals surface area contributed by atoms with Crippen LogP contribution in [0.2, 0.25) is 0 Å². The predicted octanol–water partition coefficient (Wildman–Crippen LogP) is 2.58. The van der Waals surface area contributed by atoms with Crippen molar-refractivity contribution < 1.29 is 0 Å². The Balaban J connectivity index is 2.06. The van der Waals surface area contributed by atoms with Crippen LogP contribution in [0.1, 0.15) is 12.5 Å². The molecule has 2 rings (SSSR count). The van der Waals surface area contributed by atoms with Crippen LogP contribution >= 0.6 is 15.9 Å². The van der Waals surface area contributed by atoms with Crippen LogP contribution in [0.3, 0.4) is 0 Å². The van der Waals surface area contributed by atoms with E-state index in [0.29, 0.717) is 10.3 Å². The molecule has 0 saturated heterocycles. The zero-order chi connectivity index (χ0) is 13.0. The fraction of sp³-hybridized carbons (Fsp3) is 0.231. The summed E-state index contributed by atoms with van der Waals surface area (Å²) in [5.74, 6) is 0.571. The van der Waals surface area contributed by atoms with Crippen molar-refractivity contribution in [2.75, 3.05) is 5.32 Å². The SMILES string of the molecule is CC(Cc1ccccc1)Nc1nc[nH]c(=O)c1Br. The highest BCUT2D eigenvalue weighted by atomic mass is 79.9. The Hall–Kier alpha value is -1.62. The summed E-state index contributed by atoms with van der Waals surface area (Å²) in [6, 6.07) is 10.4. The molecule has 0 aliphatic carbocycles. The summed E-state index contributed by atoms with van der Waals surface area (Å²) in [6.45, 7) is 2.06. The maximum atomic E-state index is 11.4. The van der Waals surface area contributed by atoms with Crippen molar-refractivity contribution in [1.82, 2.24) is 9.97 Å². The largest absolute Gasteiger partial charge is 0.366 e. The second-order valence-corrected chi connectivity index (χ2v) is 4.92. The van der Waals surface area contributed by atoms with Gasteiger partial charge in [-0.05, 0) is 34.8 Å². The quantitative estimate of drug-likeness (QED) is 0.913. The molecule has 0 spiro atoms. The molecule has 0 radical (unpaired) electrons. The van der Waals surface area contributed by atoms with Crippen LogP contribution in [0.4, 0.5) is 5.82 Å². The van der Waals surface area contributed by atoms with Gasteiger partial charge in [-0.25, -0.2) is 4.98 Å². The van der Waals surface area contributed by atoms with Gasteiger partial charge in [-0.15, -0.1) is 0 Å². The van der Waals surface area contributed by atoms with E-state index in [2.05, 4.69) is 50.3 Å². The van der Waals surface area contributed by atoms with Crippen LogP contribution in [-0.4, -0.2) is 16.0 Å². The first kappa shape index (κ1) is 12.8. The first-order valence-electron chi connectivity index (χ1n) is 5.70. The van der Waals surface area contributed by atoms with Gasteiger partial charge in [-0.3, -0.25) is 4.79 Å². The van der Waals surface area contributed by atoms with Gasteiger partial charge >= 0.3 is 0 Å². The van der Waals surface area contributed by atoms with E-state index < -0.39 is 0 Å². The molecule has 0 bridgehead atoms. The van der Waals surface area contributed by atoms with Crippen LogP contribution in [0.5, 0.6) is 0 Å². The highest BCUT2D eigenvalue weighted by molar-refractivity contribution is 9.10. The first-order chi connectivity index (χ1) is 8.66. The summed E-state index contributed by atoms with van der Waals surface area (Å²) in [5.41, 5.74) is 1.07. The van der Waals surface area contributed by atoms with Crippen LogP contribution in [0.15, 0.2) is 45.9 Å². The van der Waals surface area contributed by atoms with Crippen molar-refractivity contribution in [1.29, 1.82) is 0 Å². The highest BCUT2D eigenvalue weighted by Crippen LogP contribution is 2.15. The van der Waals surface area contributed by atoms with E-state index in [1.807, 2.05) is 18.2 Å². The number of H-pyrrole nitrogens is 1. The van der Waals surface area contributed by atoms with E-state index >= 15 is 0 Å². The van der Waals surface area contributed by atoms with Gasteiger partial charge < -0.3 is 10.3 Å². The molecule has 1 aromatic heterocycles.